The maximum Gasteiger partial charge on any atom is 0.187 e. The second kappa shape index (κ2) is 10.7. The average molecular weight is 330 g/mol. The van der Waals surface area contributed by atoms with Gasteiger partial charge >= 0.3 is 0 Å². The first-order valence-corrected chi connectivity index (χ1v) is 9.19. The summed E-state index contributed by atoms with van der Waals surface area (Å²) >= 11 is 1.63. The Balaban J connectivity index is 0.000000615. The molecule has 2 aromatic heterocycles. The SMILES string of the molecule is CC.CC.CC1=CC(Nc2nc(-c3ccncc3)cs2)=CCC1. The third-order valence-electron chi connectivity index (χ3n) is 3.04. The van der Waals surface area contributed by atoms with Gasteiger partial charge in [0.25, 0.3) is 0 Å². The Morgan fingerprint density at radius 3 is 2.43 bits per heavy atom. The summed E-state index contributed by atoms with van der Waals surface area (Å²) in [5.41, 5.74) is 4.66. The molecule has 0 unspecified atom stereocenters. The smallest absolute Gasteiger partial charge is 0.187 e. The number of hydrogen-bond donors (Lipinski definition) is 1. The van der Waals surface area contributed by atoms with Crippen molar-refractivity contribution >= 4 is 16.5 Å². The molecule has 1 aliphatic rings. The fraction of sp³-hybridized carbons (Fsp3) is 0.368. The van der Waals surface area contributed by atoms with E-state index in [0.29, 0.717) is 0 Å². The number of anilines is 1. The van der Waals surface area contributed by atoms with Crippen molar-refractivity contribution in [3.63, 3.8) is 0 Å². The van der Waals surface area contributed by atoms with E-state index < -0.39 is 0 Å². The van der Waals surface area contributed by atoms with Crippen LogP contribution in [-0.2, 0) is 0 Å². The van der Waals surface area contributed by atoms with Crippen molar-refractivity contribution in [2.45, 2.75) is 47.5 Å². The molecular formula is C19H27N3S. The van der Waals surface area contributed by atoms with Gasteiger partial charge in [-0.25, -0.2) is 4.98 Å². The van der Waals surface area contributed by atoms with Crippen molar-refractivity contribution in [2.24, 2.45) is 0 Å². The Hall–Kier alpha value is -1.94. The van der Waals surface area contributed by atoms with Gasteiger partial charge in [0.2, 0.25) is 0 Å². The molecule has 0 bridgehead atoms. The summed E-state index contributed by atoms with van der Waals surface area (Å²) in [6.45, 7) is 10.2. The lowest BCUT2D eigenvalue weighted by molar-refractivity contribution is 0.946. The lowest BCUT2D eigenvalue weighted by atomic mass is 10.1. The molecule has 0 aromatic carbocycles. The van der Waals surface area contributed by atoms with Crippen molar-refractivity contribution in [1.29, 1.82) is 0 Å². The predicted molar refractivity (Wildman–Crippen MR) is 103 cm³/mol. The minimum Gasteiger partial charge on any atom is -0.332 e. The Morgan fingerprint density at radius 2 is 1.78 bits per heavy atom. The zero-order valence-electron chi connectivity index (χ0n) is 14.8. The highest BCUT2D eigenvalue weighted by Gasteiger charge is 2.07. The molecule has 2 heterocycles. The topological polar surface area (TPSA) is 37.8 Å². The predicted octanol–water partition coefficient (Wildman–Crippen LogP) is 6.29. The van der Waals surface area contributed by atoms with E-state index in [2.05, 4.69) is 39.7 Å². The maximum absolute atomic E-state index is 4.61. The molecular weight excluding hydrogens is 302 g/mol. The van der Waals surface area contributed by atoms with Gasteiger partial charge in [-0.15, -0.1) is 11.3 Å². The van der Waals surface area contributed by atoms with Crippen molar-refractivity contribution in [2.75, 3.05) is 5.32 Å². The number of thiazole rings is 1. The largest absolute Gasteiger partial charge is 0.332 e. The molecule has 3 rings (SSSR count). The third-order valence-corrected chi connectivity index (χ3v) is 3.79. The first-order valence-electron chi connectivity index (χ1n) is 8.31. The number of rotatable bonds is 3. The van der Waals surface area contributed by atoms with Gasteiger partial charge in [0.1, 0.15) is 0 Å². The van der Waals surface area contributed by atoms with Gasteiger partial charge in [-0.3, -0.25) is 4.98 Å². The minimum absolute atomic E-state index is 0.934. The number of aromatic nitrogens is 2. The van der Waals surface area contributed by atoms with E-state index >= 15 is 0 Å². The molecule has 0 atom stereocenters. The van der Waals surface area contributed by atoms with E-state index in [9.17, 15) is 0 Å². The van der Waals surface area contributed by atoms with Gasteiger partial charge < -0.3 is 5.32 Å². The van der Waals surface area contributed by atoms with Crippen LogP contribution < -0.4 is 5.32 Å². The van der Waals surface area contributed by atoms with Crippen LogP contribution in [0.15, 0.2) is 53.3 Å². The van der Waals surface area contributed by atoms with Gasteiger partial charge in [0, 0.05) is 29.0 Å². The van der Waals surface area contributed by atoms with Crippen LogP contribution in [0.5, 0.6) is 0 Å². The van der Waals surface area contributed by atoms with Gasteiger partial charge in [-0.05, 0) is 38.0 Å². The van der Waals surface area contributed by atoms with Gasteiger partial charge in [-0.2, -0.15) is 0 Å². The molecule has 23 heavy (non-hydrogen) atoms. The van der Waals surface area contributed by atoms with Crippen molar-refractivity contribution < 1.29 is 0 Å². The highest BCUT2D eigenvalue weighted by Crippen LogP contribution is 2.26. The van der Waals surface area contributed by atoms with Crippen molar-refractivity contribution in [3.8, 4) is 11.3 Å². The highest BCUT2D eigenvalue weighted by molar-refractivity contribution is 7.14. The fourth-order valence-corrected chi connectivity index (χ4v) is 2.79. The van der Waals surface area contributed by atoms with Crippen LogP contribution in [-0.4, -0.2) is 9.97 Å². The summed E-state index contributed by atoms with van der Waals surface area (Å²) in [4.78, 5) is 8.63. The third kappa shape index (κ3) is 5.99. The molecule has 0 saturated heterocycles. The van der Waals surface area contributed by atoms with E-state index in [1.165, 1.54) is 5.57 Å². The van der Waals surface area contributed by atoms with Crippen LogP contribution >= 0.6 is 11.3 Å². The minimum atomic E-state index is 0.934. The molecule has 0 spiro atoms. The van der Waals surface area contributed by atoms with E-state index in [1.54, 1.807) is 23.7 Å². The molecule has 0 radical (unpaired) electrons. The summed E-state index contributed by atoms with van der Waals surface area (Å²) in [6.07, 6.45) is 10.3. The number of nitrogens with one attached hydrogen (secondary N) is 1. The van der Waals surface area contributed by atoms with Gasteiger partial charge in [-0.1, -0.05) is 39.3 Å². The summed E-state index contributed by atoms with van der Waals surface area (Å²) in [5.74, 6) is 0. The molecule has 0 aliphatic heterocycles. The molecule has 0 fully saturated rings. The van der Waals surface area contributed by atoms with Crippen LogP contribution in [0.4, 0.5) is 5.13 Å². The van der Waals surface area contributed by atoms with Crippen LogP contribution in [0, 0.1) is 0 Å². The molecule has 1 N–H and O–H groups in total. The lowest BCUT2D eigenvalue weighted by Gasteiger charge is -2.10. The number of nitrogens with zero attached hydrogens (tertiary/aromatic N) is 2. The monoisotopic (exact) mass is 329 g/mol. The number of hydrogen-bond acceptors (Lipinski definition) is 4. The Morgan fingerprint density at radius 1 is 1.09 bits per heavy atom. The maximum atomic E-state index is 4.61. The van der Waals surface area contributed by atoms with E-state index in [0.717, 1.165) is 34.9 Å². The molecule has 3 nitrogen and oxygen atoms in total. The molecule has 124 valence electrons. The van der Waals surface area contributed by atoms with Crippen LogP contribution in [0.25, 0.3) is 11.3 Å². The van der Waals surface area contributed by atoms with E-state index in [4.69, 9.17) is 0 Å². The Kier molecular flexibility index (Phi) is 8.91. The molecule has 1 aliphatic carbocycles. The zero-order valence-corrected chi connectivity index (χ0v) is 15.6. The van der Waals surface area contributed by atoms with E-state index in [1.807, 2.05) is 39.8 Å². The number of pyridine rings is 1. The normalized spacial score (nSPS) is 12.7. The quantitative estimate of drug-likeness (QED) is 0.718. The first-order chi connectivity index (χ1) is 11.3. The lowest BCUT2D eigenvalue weighted by Crippen LogP contribution is -2.00. The Labute approximate surface area is 144 Å². The molecule has 0 amide bonds. The highest BCUT2D eigenvalue weighted by atomic mass is 32.1. The summed E-state index contributed by atoms with van der Waals surface area (Å²) in [7, 11) is 0. The van der Waals surface area contributed by atoms with Crippen LogP contribution in [0.3, 0.4) is 0 Å². The molecule has 2 aromatic rings. The average Bonchev–Trinajstić information content (AvgIpc) is 3.08. The molecule has 4 heteroatoms. The fourth-order valence-electron chi connectivity index (χ4n) is 2.05. The van der Waals surface area contributed by atoms with Gasteiger partial charge in [0.05, 0.1) is 5.69 Å². The van der Waals surface area contributed by atoms with Gasteiger partial charge in [0.15, 0.2) is 5.13 Å². The summed E-state index contributed by atoms with van der Waals surface area (Å²) < 4.78 is 0. The standard InChI is InChI=1S/C15H15N3S.2C2H6/c1-11-3-2-4-13(9-11)17-15-18-14(10-19-15)12-5-7-16-8-6-12;2*1-2/h4-10H,2-3H2,1H3,(H,17,18);2*1-2H3. The van der Waals surface area contributed by atoms with Crippen molar-refractivity contribution in [3.05, 3.63) is 53.3 Å². The Bertz CT molecular complexity index is 627. The second-order valence-corrected chi connectivity index (χ2v) is 5.45. The van der Waals surface area contributed by atoms with Crippen molar-refractivity contribution in [1.82, 2.24) is 9.97 Å². The molecule has 0 saturated carbocycles. The number of allylic oxidation sites excluding steroid dienone is 3. The first kappa shape index (κ1) is 19.1. The second-order valence-electron chi connectivity index (χ2n) is 4.59. The summed E-state index contributed by atoms with van der Waals surface area (Å²) in [5, 5.41) is 6.38. The van der Waals surface area contributed by atoms with Crippen LogP contribution in [0.1, 0.15) is 47.5 Å². The summed E-state index contributed by atoms with van der Waals surface area (Å²) in [6, 6.07) is 3.95. The van der Waals surface area contributed by atoms with Crippen LogP contribution in [0.2, 0.25) is 0 Å². The zero-order chi connectivity index (χ0) is 17.1. The van der Waals surface area contributed by atoms with E-state index in [-0.39, 0.29) is 0 Å².